The van der Waals surface area contributed by atoms with Crippen LogP contribution in [0.15, 0.2) is 42.5 Å². The summed E-state index contributed by atoms with van der Waals surface area (Å²) in [5.41, 5.74) is 10.6. The van der Waals surface area contributed by atoms with Crippen molar-refractivity contribution in [3.05, 3.63) is 70.5 Å². The Morgan fingerprint density at radius 2 is 1.72 bits per heavy atom. The van der Waals surface area contributed by atoms with E-state index in [-0.39, 0.29) is 11.9 Å². The molecule has 0 saturated carbocycles. The Morgan fingerprint density at radius 3 is 2.33 bits per heavy atom. The van der Waals surface area contributed by atoms with E-state index in [9.17, 15) is 4.39 Å². The van der Waals surface area contributed by atoms with Gasteiger partial charge < -0.3 is 5.73 Å². The molecule has 0 fully saturated rings. The van der Waals surface area contributed by atoms with Crippen molar-refractivity contribution in [1.29, 1.82) is 0 Å². The minimum atomic E-state index is -0.194. The number of halogens is 1. The molecule has 0 heterocycles. The third kappa shape index (κ3) is 2.96. The second-order valence-electron chi connectivity index (χ2n) is 4.79. The first-order valence-electron chi connectivity index (χ1n) is 6.13. The van der Waals surface area contributed by atoms with E-state index in [4.69, 9.17) is 5.73 Å². The predicted octanol–water partition coefficient (Wildman–Crippen LogP) is 3.69. The van der Waals surface area contributed by atoms with Gasteiger partial charge in [-0.25, -0.2) is 4.39 Å². The highest BCUT2D eigenvalue weighted by Crippen LogP contribution is 2.19. The van der Waals surface area contributed by atoms with Crippen LogP contribution in [0, 0.1) is 19.7 Å². The van der Waals surface area contributed by atoms with Crippen LogP contribution < -0.4 is 5.73 Å². The molecule has 18 heavy (non-hydrogen) atoms. The first kappa shape index (κ1) is 12.8. The lowest BCUT2D eigenvalue weighted by molar-refractivity contribution is 0.624. The normalized spacial score (nSPS) is 12.4. The molecule has 2 heteroatoms. The molecule has 2 aromatic carbocycles. The van der Waals surface area contributed by atoms with Crippen molar-refractivity contribution >= 4 is 0 Å². The molecule has 0 aliphatic rings. The van der Waals surface area contributed by atoms with E-state index >= 15 is 0 Å². The molecule has 0 amide bonds. The second kappa shape index (κ2) is 5.32. The van der Waals surface area contributed by atoms with Gasteiger partial charge in [0.05, 0.1) is 0 Å². The summed E-state index contributed by atoms with van der Waals surface area (Å²) >= 11 is 0. The van der Waals surface area contributed by atoms with Gasteiger partial charge in [0, 0.05) is 6.04 Å². The molecule has 0 radical (unpaired) electrons. The van der Waals surface area contributed by atoms with Crippen LogP contribution in [0.2, 0.25) is 0 Å². The summed E-state index contributed by atoms with van der Waals surface area (Å²) in [4.78, 5) is 0. The van der Waals surface area contributed by atoms with E-state index in [1.807, 2.05) is 13.0 Å². The number of aryl methyl sites for hydroxylation is 2. The van der Waals surface area contributed by atoms with Gasteiger partial charge in [0.25, 0.3) is 0 Å². The Kier molecular flexibility index (Phi) is 3.78. The third-order valence-electron chi connectivity index (χ3n) is 3.25. The summed E-state index contributed by atoms with van der Waals surface area (Å²) in [6, 6.07) is 13.0. The quantitative estimate of drug-likeness (QED) is 0.874. The summed E-state index contributed by atoms with van der Waals surface area (Å²) in [5, 5.41) is 0. The highest BCUT2D eigenvalue weighted by molar-refractivity contribution is 5.30. The average molecular weight is 243 g/mol. The molecule has 0 aliphatic carbocycles. The molecule has 0 bridgehead atoms. The van der Waals surface area contributed by atoms with Crippen molar-refractivity contribution in [2.75, 3.05) is 0 Å². The molecule has 2 rings (SSSR count). The predicted molar refractivity (Wildman–Crippen MR) is 72.9 cm³/mol. The van der Waals surface area contributed by atoms with Crippen molar-refractivity contribution in [2.24, 2.45) is 5.73 Å². The Balaban J connectivity index is 2.15. The summed E-state index contributed by atoms with van der Waals surface area (Å²) in [7, 11) is 0. The third-order valence-corrected chi connectivity index (χ3v) is 3.25. The minimum Gasteiger partial charge on any atom is -0.324 e. The number of benzene rings is 2. The molecular weight excluding hydrogens is 225 g/mol. The molecule has 0 aromatic heterocycles. The summed E-state index contributed by atoms with van der Waals surface area (Å²) < 4.78 is 13.0. The van der Waals surface area contributed by atoms with Gasteiger partial charge in [0.15, 0.2) is 0 Å². The summed E-state index contributed by atoms with van der Waals surface area (Å²) in [6.45, 7) is 3.97. The molecule has 0 aliphatic heterocycles. The zero-order chi connectivity index (χ0) is 13.1. The molecular formula is C16H18FN. The SMILES string of the molecule is Cc1ccc(C(N)Cc2ccc(F)cc2C)cc1. The molecule has 1 unspecified atom stereocenters. The van der Waals surface area contributed by atoms with Crippen molar-refractivity contribution in [1.82, 2.24) is 0 Å². The topological polar surface area (TPSA) is 26.0 Å². The summed E-state index contributed by atoms with van der Waals surface area (Å²) in [5.74, 6) is -0.194. The van der Waals surface area contributed by atoms with E-state index in [1.54, 1.807) is 6.07 Å². The lowest BCUT2D eigenvalue weighted by atomic mass is 9.96. The smallest absolute Gasteiger partial charge is 0.123 e. The van der Waals surface area contributed by atoms with Crippen molar-refractivity contribution in [3.8, 4) is 0 Å². The van der Waals surface area contributed by atoms with Crippen LogP contribution in [0.4, 0.5) is 4.39 Å². The Morgan fingerprint density at radius 1 is 1.06 bits per heavy atom. The van der Waals surface area contributed by atoms with Gasteiger partial charge in [-0.1, -0.05) is 35.9 Å². The molecule has 94 valence electrons. The van der Waals surface area contributed by atoms with Gasteiger partial charge in [-0.3, -0.25) is 0 Å². The molecule has 0 saturated heterocycles. The summed E-state index contributed by atoms with van der Waals surface area (Å²) in [6.07, 6.45) is 0.731. The molecule has 2 N–H and O–H groups in total. The fraction of sp³-hybridized carbons (Fsp3) is 0.250. The first-order chi connectivity index (χ1) is 8.56. The van der Waals surface area contributed by atoms with Crippen LogP contribution >= 0.6 is 0 Å². The van der Waals surface area contributed by atoms with Crippen molar-refractivity contribution < 1.29 is 4.39 Å². The number of nitrogens with two attached hydrogens (primary N) is 1. The van der Waals surface area contributed by atoms with E-state index in [1.165, 1.54) is 11.6 Å². The van der Waals surface area contributed by atoms with Crippen LogP contribution in [-0.4, -0.2) is 0 Å². The van der Waals surface area contributed by atoms with Gasteiger partial charge in [-0.2, -0.15) is 0 Å². The van der Waals surface area contributed by atoms with Crippen LogP contribution in [0.5, 0.6) is 0 Å². The Hall–Kier alpha value is -1.67. The van der Waals surface area contributed by atoms with E-state index < -0.39 is 0 Å². The van der Waals surface area contributed by atoms with E-state index in [0.717, 1.165) is 23.1 Å². The first-order valence-corrected chi connectivity index (χ1v) is 6.13. The van der Waals surface area contributed by atoms with Gasteiger partial charge in [-0.15, -0.1) is 0 Å². The largest absolute Gasteiger partial charge is 0.324 e. The Labute approximate surface area is 107 Å². The molecule has 0 spiro atoms. The van der Waals surface area contributed by atoms with Crippen LogP contribution in [0.1, 0.15) is 28.3 Å². The maximum absolute atomic E-state index is 13.0. The molecule has 1 nitrogen and oxygen atoms in total. The van der Waals surface area contributed by atoms with Crippen LogP contribution in [0.25, 0.3) is 0 Å². The van der Waals surface area contributed by atoms with E-state index in [0.29, 0.717) is 0 Å². The van der Waals surface area contributed by atoms with Gasteiger partial charge in [0.1, 0.15) is 5.82 Å². The zero-order valence-electron chi connectivity index (χ0n) is 10.8. The fourth-order valence-electron chi connectivity index (χ4n) is 2.06. The lowest BCUT2D eigenvalue weighted by Crippen LogP contribution is -2.14. The number of hydrogen-bond acceptors (Lipinski definition) is 1. The van der Waals surface area contributed by atoms with Crippen LogP contribution in [-0.2, 0) is 6.42 Å². The number of rotatable bonds is 3. The zero-order valence-corrected chi connectivity index (χ0v) is 10.8. The highest BCUT2D eigenvalue weighted by Gasteiger charge is 2.09. The van der Waals surface area contributed by atoms with Gasteiger partial charge >= 0.3 is 0 Å². The van der Waals surface area contributed by atoms with Crippen molar-refractivity contribution in [2.45, 2.75) is 26.3 Å². The van der Waals surface area contributed by atoms with Gasteiger partial charge in [0.2, 0.25) is 0 Å². The average Bonchev–Trinajstić information content (AvgIpc) is 2.33. The Bertz CT molecular complexity index is 531. The van der Waals surface area contributed by atoms with Gasteiger partial charge in [-0.05, 0) is 49.1 Å². The number of hydrogen-bond donors (Lipinski definition) is 1. The van der Waals surface area contributed by atoms with Crippen molar-refractivity contribution in [3.63, 3.8) is 0 Å². The minimum absolute atomic E-state index is 0.0465. The fourth-order valence-corrected chi connectivity index (χ4v) is 2.06. The standard InChI is InChI=1S/C16H18FN/c1-11-3-5-13(6-4-11)16(18)10-14-7-8-15(17)9-12(14)2/h3-9,16H,10,18H2,1-2H3. The second-order valence-corrected chi connectivity index (χ2v) is 4.79. The van der Waals surface area contributed by atoms with Crippen LogP contribution in [0.3, 0.4) is 0 Å². The molecule has 2 aromatic rings. The maximum Gasteiger partial charge on any atom is 0.123 e. The van der Waals surface area contributed by atoms with E-state index in [2.05, 4.69) is 31.2 Å². The molecule has 1 atom stereocenters. The maximum atomic E-state index is 13.0. The monoisotopic (exact) mass is 243 g/mol. The highest BCUT2D eigenvalue weighted by atomic mass is 19.1. The lowest BCUT2D eigenvalue weighted by Gasteiger charge is -2.14.